The van der Waals surface area contributed by atoms with Gasteiger partial charge in [-0.3, -0.25) is 9.59 Å². The van der Waals surface area contributed by atoms with E-state index in [1.54, 1.807) is 18.2 Å². The van der Waals surface area contributed by atoms with Crippen molar-refractivity contribution in [1.29, 1.82) is 0 Å². The Morgan fingerprint density at radius 3 is 2.44 bits per heavy atom. The smallest absolute Gasteiger partial charge is 0.253 e. The van der Waals surface area contributed by atoms with Gasteiger partial charge in [-0.2, -0.15) is 0 Å². The largest absolute Gasteiger partial charge is 0.371 e. The SMILES string of the molecule is CCCCC(CC)C(=O)Nc1ccc(N2CCCC2)c(C(=O)NCc2ccc(F)cc2)c1. The number of benzene rings is 2. The van der Waals surface area contributed by atoms with Gasteiger partial charge in [0.1, 0.15) is 5.82 Å². The van der Waals surface area contributed by atoms with Crippen LogP contribution in [-0.2, 0) is 11.3 Å². The summed E-state index contributed by atoms with van der Waals surface area (Å²) in [7, 11) is 0. The van der Waals surface area contributed by atoms with E-state index >= 15 is 0 Å². The lowest BCUT2D eigenvalue weighted by Crippen LogP contribution is -2.28. The van der Waals surface area contributed by atoms with Crippen LogP contribution >= 0.6 is 0 Å². The number of carbonyl (C=O) groups excluding carboxylic acids is 2. The van der Waals surface area contributed by atoms with Crippen molar-refractivity contribution in [3.8, 4) is 0 Å². The molecule has 1 fully saturated rings. The number of unbranched alkanes of at least 4 members (excludes halogenated alkanes) is 1. The van der Waals surface area contributed by atoms with Gasteiger partial charge in [-0.05, 0) is 61.6 Å². The molecule has 172 valence electrons. The zero-order valence-corrected chi connectivity index (χ0v) is 19.1. The maximum Gasteiger partial charge on any atom is 0.253 e. The average Bonchev–Trinajstić information content (AvgIpc) is 3.34. The van der Waals surface area contributed by atoms with Gasteiger partial charge in [-0.25, -0.2) is 4.39 Å². The number of nitrogens with zero attached hydrogens (tertiary/aromatic N) is 1. The highest BCUT2D eigenvalue weighted by Gasteiger charge is 2.22. The Labute approximate surface area is 190 Å². The summed E-state index contributed by atoms with van der Waals surface area (Å²) >= 11 is 0. The summed E-state index contributed by atoms with van der Waals surface area (Å²) in [5.41, 5.74) is 2.90. The number of nitrogens with one attached hydrogen (secondary N) is 2. The number of hydrogen-bond acceptors (Lipinski definition) is 3. The van der Waals surface area contributed by atoms with E-state index in [1.165, 1.54) is 12.1 Å². The molecule has 0 spiro atoms. The summed E-state index contributed by atoms with van der Waals surface area (Å²) in [5, 5.41) is 5.96. The maximum absolute atomic E-state index is 13.1. The summed E-state index contributed by atoms with van der Waals surface area (Å²) in [6.45, 7) is 6.30. The summed E-state index contributed by atoms with van der Waals surface area (Å²) < 4.78 is 13.1. The van der Waals surface area contributed by atoms with Crippen molar-refractivity contribution in [2.24, 2.45) is 5.92 Å². The molecule has 0 aromatic heterocycles. The van der Waals surface area contributed by atoms with E-state index in [4.69, 9.17) is 0 Å². The van der Waals surface area contributed by atoms with Crippen LogP contribution in [0.15, 0.2) is 42.5 Å². The first kappa shape index (κ1) is 23.8. The molecule has 1 unspecified atom stereocenters. The minimum absolute atomic E-state index is 0.00698. The summed E-state index contributed by atoms with van der Waals surface area (Å²) in [6, 6.07) is 11.7. The predicted octanol–water partition coefficient (Wildman–Crippen LogP) is 5.51. The molecule has 1 aliphatic heterocycles. The predicted molar refractivity (Wildman–Crippen MR) is 127 cm³/mol. The molecule has 1 saturated heterocycles. The summed E-state index contributed by atoms with van der Waals surface area (Å²) in [4.78, 5) is 28.1. The molecule has 2 amide bonds. The fourth-order valence-electron chi connectivity index (χ4n) is 4.12. The van der Waals surface area contributed by atoms with Gasteiger partial charge in [0.25, 0.3) is 5.91 Å². The van der Waals surface area contributed by atoms with Crippen LogP contribution in [0.25, 0.3) is 0 Å². The highest BCUT2D eigenvalue weighted by atomic mass is 19.1. The molecule has 5 nitrogen and oxygen atoms in total. The first-order chi connectivity index (χ1) is 15.5. The Morgan fingerprint density at radius 1 is 1.06 bits per heavy atom. The number of halogens is 1. The first-order valence-corrected chi connectivity index (χ1v) is 11.7. The third-order valence-corrected chi connectivity index (χ3v) is 6.09. The molecule has 1 heterocycles. The highest BCUT2D eigenvalue weighted by molar-refractivity contribution is 6.02. The number of rotatable bonds is 10. The number of carbonyl (C=O) groups is 2. The minimum Gasteiger partial charge on any atom is -0.371 e. The Hall–Kier alpha value is -2.89. The number of hydrogen-bond donors (Lipinski definition) is 2. The minimum atomic E-state index is -0.302. The first-order valence-electron chi connectivity index (χ1n) is 11.7. The molecule has 1 atom stereocenters. The van der Waals surface area contributed by atoms with Crippen LogP contribution in [0.4, 0.5) is 15.8 Å². The molecule has 3 rings (SSSR count). The highest BCUT2D eigenvalue weighted by Crippen LogP contribution is 2.28. The fraction of sp³-hybridized carbons (Fsp3) is 0.462. The number of amides is 2. The van der Waals surface area contributed by atoms with Gasteiger partial charge < -0.3 is 15.5 Å². The van der Waals surface area contributed by atoms with E-state index in [2.05, 4.69) is 22.5 Å². The van der Waals surface area contributed by atoms with Crippen LogP contribution in [-0.4, -0.2) is 24.9 Å². The van der Waals surface area contributed by atoms with E-state index in [0.29, 0.717) is 17.8 Å². The van der Waals surface area contributed by atoms with Gasteiger partial charge in [0.05, 0.1) is 5.56 Å². The van der Waals surface area contributed by atoms with Crippen LogP contribution in [0.5, 0.6) is 0 Å². The molecule has 6 heteroatoms. The zero-order chi connectivity index (χ0) is 22.9. The molecular weight excluding hydrogens is 405 g/mol. The third-order valence-electron chi connectivity index (χ3n) is 6.09. The molecule has 2 aromatic carbocycles. The van der Waals surface area contributed by atoms with E-state index in [0.717, 1.165) is 62.9 Å². The van der Waals surface area contributed by atoms with Crippen molar-refractivity contribution in [2.75, 3.05) is 23.3 Å². The second kappa shape index (κ2) is 11.7. The number of anilines is 2. The molecule has 1 aliphatic rings. The van der Waals surface area contributed by atoms with E-state index in [1.807, 2.05) is 19.1 Å². The van der Waals surface area contributed by atoms with Crippen molar-refractivity contribution in [1.82, 2.24) is 5.32 Å². The second-order valence-corrected chi connectivity index (χ2v) is 8.47. The van der Waals surface area contributed by atoms with Crippen LogP contribution in [0.2, 0.25) is 0 Å². The summed E-state index contributed by atoms with van der Waals surface area (Å²) in [5.74, 6) is -0.522. The van der Waals surface area contributed by atoms with Crippen LogP contribution in [0.1, 0.15) is 68.3 Å². The van der Waals surface area contributed by atoms with Gasteiger partial charge in [-0.1, -0.05) is 38.8 Å². The van der Waals surface area contributed by atoms with Gasteiger partial charge in [0.15, 0.2) is 0 Å². The van der Waals surface area contributed by atoms with E-state index in [9.17, 15) is 14.0 Å². The van der Waals surface area contributed by atoms with E-state index in [-0.39, 0.29) is 23.5 Å². The average molecular weight is 440 g/mol. The molecule has 0 aliphatic carbocycles. The standard InChI is InChI=1S/C26H34FN3O2/c1-3-5-8-20(4-2)25(31)29-22-13-14-24(30-15-6-7-16-30)23(17-22)26(32)28-18-19-9-11-21(27)12-10-19/h9-14,17,20H,3-8,15-16,18H2,1-2H3,(H,28,32)(H,29,31). The lowest BCUT2D eigenvalue weighted by Gasteiger charge is -2.22. The lowest BCUT2D eigenvalue weighted by atomic mass is 9.98. The lowest BCUT2D eigenvalue weighted by molar-refractivity contribution is -0.120. The van der Waals surface area contributed by atoms with Gasteiger partial charge in [0.2, 0.25) is 5.91 Å². The van der Waals surface area contributed by atoms with Crippen LogP contribution in [0.3, 0.4) is 0 Å². The van der Waals surface area contributed by atoms with Crippen molar-refractivity contribution < 1.29 is 14.0 Å². The molecule has 0 bridgehead atoms. The zero-order valence-electron chi connectivity index (χ0n) is 19.1. The maximum atomic E-state index is 13.1. The van der Waals surface area contributed by atoms with Crippen LogP contribution < -0.4 is 15.5 Å². The molecule has 0 radical (unpaired) electrons. The van der Waals surface area contributed by atoms with Crippen molar-refractivity contribution in [3.05, 3.63) is 59.4 Å². The molecule has 32 heavy (non-hydrogen) atoms. The molecule has 2 aromatic rings. The van der Waals surface area contributed by atoms with Gasteiger partial charge in [-0.15, -0.1) is 0 Å². The Morgan fingerprint density at radius 2 is 1.78 bits per heavy atom. The van der Waals surface area contributed by atoms with Crippen LogP contribution in [0, 0.1) is 11.7 Å². The summed E-state index contributed by atoms with van der Waals surface area (Å²) in [6.07, 6.45) is 5.96. The van der Waals surface area contributed by atoms with Gasteiger partial charge in [0, 0.05) is 36.9 Å². The fourth-order valence-corrected chi connectivity index (χ4v) is 4.12. The normalized spacial score (nSPS) is 14.3. The monoisotopic (exact) mass is 439 g/mol. The Kier molecular flexibility index (Phi) is 8.65. The van der Waals surface area contributed by atoms with Gasteiger partial charge >= 0.3 is 0 Å². The van der Waals surface area contributed by atoms with Crippen molar-refractivity contribution >= 4 is 23.2 Å². The second-order valence-electron chi connectivity index (χ2n) is 8.47. The van der Waals surface area contributed by atoms with Crippen molar-refractivity contribution in [2.45, 2.75) is 58.9 Å². The Bertz CT molecular complexity index is 908. The molecular formula is C26H34FN3O2. The van der Waals surface area contributed by atoms with Crippen molar-refractivity contribution in [3.63, 3.8) is 0 Å². The molecule has 2 N–H and O–H groups in total. The topological polar surface area (TPSA) is 61.4 Å². The van der Waals surface area contributed by atoms with E-state index < -0.39 is 0 Å². The Balaban J connectivity index is 1.77. The quantitative estimate of drug-likeness (QED) is 0.513. The third kappa shape index (κ3) is 6.31. The molecule has 0 saturated carbocycles.